The fourth-order valence-corrected chi connectivity index (χ4v) is 0.442. The van der Waals surface area contributed by atoms with E-state index in [4.69, 9.17) is 0 Å². The van der Waals surface area contributed by atoms with E-state index >= 15 is 0 Å². The molecule has 0 aromatic rings. The predicted octanol–water partition coefficient (Wildman–Crippen LogP) is 2.92. The molecule has 0 unspecified atom stereocenters. The normalized spacial score (nSPS) is 7.40. The van der Waals surface area contributed by atoms with Crippen LogP contribution in [0, 0.1) is 11.8 Å². The molecular formula is C10H14. The van der Waals surface area contributed by atoms with Crippen LogP contribution >= 0.6 is 0 Å². The van der Waals surface area contributed by atoms with E-state index in [1.165, 1.54) is 5.57 Å². The highest BCUT2D eigenvalue weighted by molar-refractivity contribution is 5.18. The van der Waals surface area contributed by atoms with E-state index < -0.39 is 0 Å². The van der Waals surface area contributed by atoms with Crippen LogP contribution in [0.15, 0.2) is 24.3 Å². The minimum Gasteiger partial charge on any atom is -0.103 e. The van der Waals surface area contributed by atoms with E-state index in [1.807, 2.05) is 26.0 Å². The second kappa shape index (κ2) is 6.16. The zero-order chi connectivity index (χ0) is 7.82. The summed E-state index contributed by atoms with van der Waals surface area (Å²) in [6.07, 6.45) is 5.73. The van der Waals surface area contributed by atoms with Crippen molar-refractivity contribution in [3.05, 3.63) is 24.3 Å². The van der Waals surface area contributed by atoms with Crippen molar-refractivity contribution in [3.63, 3.8) is 0 Å². The third-order valence-electron chi connectivity index (χ3n) is 0.936. The zero-order valence-corrected chi connectivity index (χ0v) is 6.78. The third kappa shape index (κ3) is 7.04. The van der Waals surface area contributed by atoms with Crippen LogP contribution in [0.3, 0.4) is 0 Å². The number of unbranched alkanes of at least 4 members (excludes halogenated alkanes) is 1. The highest BCUT2D eigenvalue weighted by Crippen LogP contribution is 1.88. The Kier molecular flexibility index (Phi) is 5.57. The standard InChI is InChI=1S/C10H14/c1-4-5-6-7-8-9-10(2)3/h4,9H,1,5-6H2,2-3H3. The summed E-state index contributed by atoms with van der Waals surface area (Å²) in [5.41, 5.74) is 1.26. The molecule has 10 heavy (non-hydrogen) atoms. The molecule has 0 saturated heterocycles. The molecule has 0 radical (unpaired) electrons. The van der Waals surface area contributed by atoms with Gasteiger partial charge in [0.05, 0.1) is 0 Å². The Morgan fingerprint density at radius 3 is 2.70 bits per heavy atom. The van der Waals surface area contributed by atoms with Crippen molar-refractivity contribution in [3.8, 4) is 11.8 Å². The molecule has 54 valence electrons. The molecule has 0 heterocycles. The van der Waals surface area contributed by atoms with E-state index in [-0.39, 0.29) is 0 Å². The van der Waals surface area contributed by atoms with E-state index in [9.17, 15) is 0 Å². The molecule has 0 nitrogen and oxygen atoms in total. The minimum atomic E-state index is 0.924. The fourth-order valence-electron chi connectivity index (χ4n) is 0.442. The molecule has 0 aliphatic rings. The third-order valence-corrected chi connectivity index (χ3v) is 0.936. The molecule has 0 amide bonds. The summed E-state index contributed by atoms with van der Waals surface area (Å²) in [4.78, 5) is 0. The molecule has 0 heteroatoms. The number of hydrogen-bond acceptors (Lipinski definition) is 0. The van der Waals surface area contributed by atoms with E-state index in [0.29, 0.717) is 0 Å². The zero-order valence-electron chi connectivity index (χ0n) is 6.78. The maximum absolute atomic E-state index is 3.61. The second-order valence-corrected chi connectivity index (χ2v) is 2.37. The Hall–Kier alpha value is -0.960. The lowest BCUT2D eigenvalue weighted by Gasteiger charge is -1.79. The predicted molar refractivity (Wildman–Crippen MR) is 46.6 cm³/mol. The van der Waals surface area contributed by atoms with E-state index in [0.717, 1.165) is 12.8 Å². The number of rotatable bonds is 2. The Bertz CT molecular complexity index is 170. The molecular weight excluding hydrogens is 120 g/mol. The Labute approximate surface area is 63.6 Å². The van der Waals surface area contributed by atoms with Gasteiger partial charge in [0.25, 0.3) is 0 Å². The van der Waals surface area contributed by atoms with Crippen LogP contribution in [0.1, 0.15) is 26.7 Å². The van der Waals surface area contributed by atoms with Crippen molar-refractivity contribution in [2.45, 2.75) is 26.7 Å². The van der Waals surface area contributed by atoms with Gasteiger partial charge < -0.3 is 0 Å². The maximum Gasteiger partial charge on any atom is 0.0127 e. The lowest BCUT2D eigenvalue weighted by Crippen LogP contribution is -1.63. The van der Waals surface area contributed by atoms with Gasteiger partial charge in [-0.05, 0) is 26.3 Å². The first-order valence-corrected chi connectivity index (χ1v) is 3.50. The molecule has 0 bridgehead atoms. The molecule has 0 aromatic heterocycles. The average molecular weight is 134 g/mol. The van der Waals surface area contributed by atoms with Crippen LogP contribution in [0.25, 0.3) is 0 Å². The highest BCUT2D eigenvalue weighted by atomic mass is 13.8. The first-order chi connectivity index (χ1) is 4.77. The Balaban J connectivity index is 3.50. The first-order valence-electron chi connectivity index (χ1n) is 3.50. The van der Waals surface area contributed by atoms with Crippen LogP contribution in [0.5, 0.6) is 0 Å². The quantitative estimate of drug-likeness (QED) is 0.309. The topological polar surface area (TPSA) is 0 Å². The molecule has 0 saturated carbocycles. The van der Waals surface area contributed by atoms with Crippen LogP contribution in [0.4, 0.5) is 0 Å². The van der Waals surface area contributed by atoms with Crippen molar-refractivity contribution < 1.29 is 0 Å². The summed E-state index contributed by atoms with van der Waals surface area (Å²) in [6, 6.07) is 0. The van der Waals surface area contributed by atoms with Gasteiger partial charge in [0.1, 0.15) is 0 Å². The summed E-state index contributed by atoms with van der Waals surface area (Å²) in [5, 5.41) is 0. The lowest BCUT2D eigenvalue weighted by molar-refractivity contribution is 1.09. The smallest absolute Gasteiger partial charge is 0.0127 e. The number of allylic oxidation sites excluding steroid dienone is 3. The molecule has 0 aliphatic carbocycles. The van der Waals surface area contributed by atoms with Crippen LogP contribution in [-0.4, -0.2) is 0 Å². The van der Waals surface area contributed by atoms with Crippen LogP contribution < -0.4 is 0 Å². The summed E-state index contributed by atoms with van der Waals surface area (Å²) in [7, 11) is 0. The molecule has 0 fully saturated rings. The van der Waals surface area contributed by atoms with Gasteiger partial charge in [0.15, 0.2) is 0 Å². The molecule has 0 N–H and O–H groups in total. The molecule has 0 rings (SSSR count). The summed E-state index contributed by atoms with van der Waals surface area (Å²) >= 11 is 0. The highest BCUT2D eigenvalue weighted by Gasteiger charge is 1.71. The largest absolute Gasteiger partial charge is 0.103 e. The summed E-state index contributed by atoms with van der Waals surface area (Å²) < 4.78 is 0. The van der Waals surface area contributed by atoms with Gasteiger partial charge in [0, 0.05) is 6.42 Å². The Morgan fingerprint density at radius 2 is 2.20 bits per heavy atom. The second-order valence-electron chi connectivity index (χ2n) is 2.37. The fraction of sp³-hybridized carbons (Fsp3) is 0.400. The SMILES string of the molecule is C=CCCC#CC=C(C)C. The molecule has 0 spiro atoms. The van der Waals surface area contributed by atoms with Gasteiger partial charge in [-0.2, -0.15) is 0 Å². The first kappa shape index (κ1) is 9.04. The van der Waals surface area contributed by atoms with Gasteiger partial charge >= 0.3 is 0 Å². The molecule has 0 aromatic carbocycles. The van der Waals surface area contributed by atoms with Gasteiger partial charge in [-0.25, -0.2) is 0 Å². The molecule has 0 atom stereocenters. The summed E-state index contributed by atoms with van der Waals surface area (Å²) in [5.74, 6) is 5.98. The lowest BCUT2D eigenvalue weighted by atomic mass is 10.3. The minimum absolute atomic E-state index is 0.924. The van der Waals surface area contributed by atoms with Crippen molar-refractivity contribution in [1.82, 2.24) is 0 Å². The monoisotopic (exact) mass is 134 g/mol. The van der Waals surface area contributed by atoms with Crippen LogP contribution in [0.2, 0.25) is 0 Å². The van der Waals surface area contributed by atoms with Crippen molar-refractivity contribution in [2.75, 3.05) is 0 Å². The van der Waals surface area contributed by atoms with E-state index in [1.54, 1.807) is 0 Å². The molecule has 0 aliphatic heterocycles. The van der Waals surface area contributed by atoms with E-state index in [2.05, 4.69) is 18.4 Å². The van der Waals surface area contributed by atoms with Crippen molar-refractivity contribution in [2.24, 2.45) is 0 Å². The van der Waals surface area contributed by atoms with Gasteiger partial charge in [-0.1, -0.05) is 23.5 Å². The van der Waals surface area contributed by atoms with Crippen LogP contribution in [-0.2, 0) is 0 Å². The van der Waals surface area contributed by atoms with Crippen molar-refractivity contribution in [1.29, 1.82) is 0 Å². The van der Waals surface area contributed by atoms with Gasteiger partial charge in [-0.3, -0.25) is 0 Å². The summed E-state index contributed by atoms with van der Waals surface area (Å²) in [6.45, 7) is 7.70. The number of hydrogen-bond donors (Lipinski definition) is 0. The van der Waals surface area contributed by atoms with Crippen molar-refractivity contribution >= 4 is 0 Å². The maximum atomic E-state index is 3.61. The average Bonchev–Trinajstić information content (AvgIpc) is 1.87. The Morgan fingerprint density at radius 1 is 1.50 bits per heavy atom. The van der Waals surface area contributed by atoms with Gasteiger partial charge in [-0.15, -0.1) is 6.58 Å². The van der Waals surface area contributed by atoms with Gasteiger partial charge in [0.2, 0.25) is 0 Å².